The second-order valence-corrected chi connectivity index (χ2v) is 7.98. The third-order valence-corrected chi connectivity index (χ3v) is 6.06. The monoisotopic (exact) mass is 371 g/mol. The van der Waals surface area contributed by atoms with E-state index in [9.17, 15) is 12.8 Å². The van der Waals surface area contributed by atoms with Crippen LogP contribution in [0.25, 0.3) is 0 Å². The third kappa shape index (κ3) is 3.68. The first-order valence-corrected chi connectivity index (χ1v) is 9.95. The molecule has 1 fully saturated rings. The van der Waals surface area contributed by atoms with E-state index in [1.807, 2.05) is 10.3 Å². The summed E-state index contributed by atoms with van der Waals surface area (Å²) < 4.78 is 46.5. The van der Waals surface area contributed by atoms with Crippen molar-refractivity contribution in [1.29, 1.82) is 0 Å². The molecule has 130 valence electrons. The van der Waals surface area contributed by atoms with Crippen LogP contribution in [-0.2, 0) is 10.0 Å². The van der Waals surface area contributed by atoms with E-state index in [-0.39, 0.29) is 16.7 Å². The molecule has 1 N–H and O–H groups in total. The molecule has 1 aromatic carbocycles. The largest absolute Gasteiger partial charge is 0.491 e. The Labute approximate surface area is 144 Å². The van der Waals surface area contributed by atoms with Gasteiger partial charge in [0.15, 0.2) is 16.7 Å². The number of rotatable bonds is 6. The summed E-state index contributed by atoms with van der Waals surface area (Å²) in [5.74, 6) is -0.636. The maximum atomic E-state index is 13.9. The fourth-order valence-electron chi connectivity index (χ4n) is 2.61. The Balaban J connectivity index is 1.69. The molecule has 0 bridgehead atoms. The van der Waals surface area contributed by atoms with Crippen LogP contribution in [0.4, 0.5) is 9.52 Å². The summed E-state index contributed by atoms with van der Waals surface area (Å²) in [7, 11) is -3.78. The highest BCUT2D eigenvalue weighted by Gasteiger charge is 2.28. The van der Waals surface area contributed by atoms with Crippen LogP contribution in [0.2, 0.25) is 0 Å². The van der Waals surface area contributed by atoms with E-state index in [4.69, 9.17) is 4.74 Å². The number of hydrogen-bond donors (Lipinski definition) is 1. The van der Waals surface area contributed by atoms with E-state index in [0.717, 1.165) is 17.7 Å². The number of anilines is 1. The minimum atomic E-state index is -3.78. The molecular formula is C15H18FN3O3S2. The minimum Gasteiger partial charge on any atom is -0.491 e. The SMILES string of the molecule is CCOc1ccc(S(=O)(=O)NC2CCN(c3nccs3)C2)cc1F. The van der Waals surface area contributed by atoms with Gasteiger partial charge >= 0.3 is 0 Å². The fraction of sp³-hybridized carbons (Fsp3) is 0.400. The average molecular weight is 371 g/mol. The lowest BCUT2D eigenvalue weighted by molar-refractivity contribution is 0.321. The quantitative estimate of drug-likeness (QED) is 0.843. The van der Waals surface area contributed by atoms with E-state index in [0.29, 0.717) is 19.6 Å². The van der Waals surface area contributed by atoms with Gasteiger partial charge in [-0.2, -0.15) is 0 Å². The summed E-state index contributed by atoms with van der Waals surface area (Å²) >= 11 is 1.52. The summed E-state index contributed by atoms with van der Waals surface area (Å²) in [5.41, 5.74) is 0. The first kappa shape index (κ1) is 17.1. The standard InChI is InChI=1S/C15H18FN3O3S2/c1-2-22-14-4-3-12(9-13(14)16)24(20,21)18-11-5-7-19(10-11)15-17-6-8-23-15/h3-4,6,8-9,11,18H,2,5,7,10H2,1H3. The van der Waals surface area contributed by atoms with Gasteiger partial charge in [-0.3, -0.25) is 0 Å². The van der Waals surface area contributed by atoms with Crippen molar-refractivity contribution in [1.82, 2.24) is 9.71 Å². The molecule has 1 aromatic heterocycles. The number of aromatic nitrogens is 1. The molecule has 3 rings (SSSR count). The highest BCUT2D eigenvalue weighted by Crippen LogP contribution is 2.24. The van der Waals surface area contributed by atoms with Crippen LogP contribution in [-0.4, -0.2) is 39.1 Å². The van der Waals surface area contributed by atoms with Gasteiger partial charge in [0.05, 0.1) is 11.5 Å². The Hall–Kier alpha value is -1.71. The number of nitrogens with one attached hydrogen (secondary N) is 1. The van der Waals surface area contributed by atoms with E-state index in [1.54, 1.807) is 13.1 Å². The zero-order chi connectivity index (χ0) is 17.2. The molecule has 2 aromatic rings. The number of ether oxygens (including phenoxy) is 1. The van der Waals surface area contributed by atoms with Gasteiger partial charge in [-0.25, -0.2) is 22.5 Å². The molecule has 24 heavy (non-hydrogen) atoms. The summed E-state index contributed by atoms with van der Waals surface area (Å²) in [5, 5.41) is 2.76. The van der Waals surface area contributed by atoms with Crippen LogP contribution in [0.5, 0.6) is 5.75 Å². The van der Waals surface area contributed by atoms with Crippen LogP contribution in [0.1, 0.15) is 13.3 Å². The Morgan fingerprint density at radius 1 is 1.50 bits per heavy atom. The van der Waals surface area contributed by atoms with E-state index < -0.39 is 15.8 Å². The van der Waals surface area contributed by atoms with Crippen LogP contribution in [0.3, 0.4) is 0 Å². The average Bonchev–Trinajstić information content (AvgIpc) is 3.20. The summed E-state index contributed by atoms with van der Waals surface area (Å²) in [6.07, 6.45) is 2.40. The predicted octanol–water partition coefficient (Wildman–Crippen LogP) is 2.24. The first-order chi connectivity index (χ1) is 11.5. The van der Waals surface area contributed by atoms with Gasteiger partial charge in [-0.1, -0.05) is 0 Å². The maximum absolute atomic E-state index is 13.9. The van der Waals surface area contributed by atoms with Gasteiger partial charge in [0.1, 0.15) is 0 Å². The zero-order valence-electron chi connectivity index (χ0n) is 13.1. The number of sulfonamides is 1. The number of benzene rings is 1. The van der Waals surface area contributed by atoms with Crippen molar-refractivity contribution in [3.63, 3.8) is 0 Å². The van der Waals surface area contributed by atoms with Gasteiger partial charge in [0.25, 0.3) is 0 Å². The van der Waals surface area contributed by atoms with Crippen molar-refractivity contribution >= 4 is 26.5 Å². The molecule has 1 unspecified atom stereocenters. The number of halogens is 1. The van der Waals surface area contributed by atoms with Crippen molar-refractivity contribution in [2.45, 2.75) is 24.3 Å². The molecule has 0 amide bonds. The molecule has 0 saturated carbocycles. The normalized spacial score (nSPS) is 18.1. The summed E-state index contributed by atoms with van der Waals surface area (Å²) in [6, 6.07) is 3.45. The molecule has 0 aliphatic carbocycles. The Kier molecular flexibility index (Phi) is 5.02. The zero-order valence-corrected chi connectivity index (χ0v) is 14.7. The smallest absolute Gasteiger partial charge is 0.240 e. The summed E-state index contributed by atoms with van der Waals surface area (Å²) in [6.45, 7) is 3.33. The molecule has 6 nitrogen and oxygen atoms in total. The van der Waals surface area contributed by atoms with Crippen LogP contribution in [0, 0.1) is 5.82 Å². The molecule has 9 heteroatoms. The number of thiazole rings is 1. The van der Waals surface area contributed by atoms with Crippen molar-refractivity contribution in [3.8, 4) is 5.75 Å². The van der Waals surface area contributed by atoms with Crippen LogP contribution >= 0.6 is 11.3 Å². The molecule has 1 aliphatic heterocycles. The third-order valence-electron chi connectivity index (χ3n) is 3.71. The molecule has 1 aliphatic rings. The number of nitrogens with zero attached hydrogens (tertiary/aromatic N) is 2. The lowest BCUT2D eigenvalue weighted by Crippen LogP contribution is -2.37. The molecule has 1 saturated heterocycles. The molecule has 1 atom stereocenters. The van der Waals surface area contributed by atoms with Crippen molar-refractivity contribution in [2.75, 3.05) is 24.6 Å². The molecule has 2 heterocycles. The van der Waals surface area contributed by atoms with Gasteiger partial charge in [-0.05, 0) is 31.5 Å². The molecular weight excluding hydrogens is 353 g/mol. The van der Waals surface area contributed by atoms with Crippen molar-refractivity contribution < 1.29 is 17.5 Å². The van der Waals surface area contributed by atoms with Gasteiger partial charge in [-0.15, -0.1) is 11.3 Å². The maximum Gasteiger partial charge on any atom is 0.240 e. The van der Waals surface area contributed by atoms with Crippen LogP contribution in [0.15, 0.2) is 34.7 Å². The van der Waals surface area contributed by atoms with E-state index in [2.05, 4.69) is 9.71 Å². The van der Waals surface area contributed by atoms with Gasteiger partial charge in [0.2, 0.25) is 10.0 Å². The Bertz CT molecular complexity index is 796. The topological polar surface area (TPSA) is 71.5 Å². The lowest BCUT2D eigenvalue weighted by atomic mass is 10.3. The predicted molar refractivity (Wildman–Crippen MR) is 90.6 cm³/mol. The summed E-state index contributed by atoms with van der Waals surface area (Å²) in [4.78, 5) is 6.17. The second kappa shape index (κ2) is 7.04. The van der Waals surface area contributed by atoms with Gasteiger partial charge in [0, 0.05) is 30.7 Å². The molecule has 0 spiro atoms. The molecule has 0 radical (unpaired) electrons. The highest BCUT2D eigenvalue weighted by molar-refractivity contribution is 7.89. The minimum absolute atomic E-state index is 0.0484. The second-order valence-electron chi connectivity index (χ2n) is 5.39. The fourth-order valence-corrected chi connectivity index (χ4v) is 4.56. The Morgan fingerprint density at radius 2 is 2.33 bits per heavy atom. The number of hydrogen-bond acceptors (Lipinski definition) is 6. The van der Waals surface area contributed by atoms with E-state index in [1.165, 1.54) is 23.5 Å². The first-order valence-electron chi connectivity index (χ1n) is 7.58. The lowest BCUT2D eigenvalue weighted by Gasteiger charge is -2.16. The van der Waals surface area contributed by atoms with Crippen LogP contribution < -0.4 is 14.4 Å². The highest BCUT2D eigenvalue weighted by atomic mass is 32.2. The van der Waals surface area contributed by atoms with Crippen molar-refractivity contribution in [2.24, 2.45) is 0 Å². The van der Waals surface area contributed by atoms with Crippen molar-refractivity contribution in [3.05, 3.63) is 35.6 Å². The Morgan fingerprint density at radius 3 is 3.00 bits per heavy atom. The van der Waals surface area contributed by atoms with E-state index >= 15 is 0 Å². The van der Waals surface area contributed by atoms with Gasteiger partial charge < -0.3 is 9.64 Å².